The molecule has 0 saturated heterocycles. The number of pyridine rings is 1. The highest BCUT2D eigenvalue weighted by atomic mass is 15.3. The quantitative estimate of drug-likeness (QED) is 0.841. The van der Waals surface area contributed by atoms with Crippen molar-refractivity contribution in [1.29, 1.82) is 0 Å². The maximum absolute atomic E-state index is 6.11. The summed E-state index contributed by atoms with van der Waals surface area (Å²) in [6.45, 7) is 0. The Hall–Kier alpha value is -1.68. The Bertz CT molecular complexity index is 435. The van der Waals surface area contributed by atoms with Gasteiger partial charge in [-0.25, -0.2) is 0 Å². The summed E-state index contributed by atoms with van der Waals surface area (Å²) in [5.74, 6) is 0. The molecule has 0 bridgehead atoms. The smallest absolute Gasteiger partial charge is 0.0548 e. The van der Waals surface area contributed by atoms with Crippen LogP contribution in [0.5, 0.6) is 0 Å². The zero-order chi connectivity index (χ0) is 11.4. The van der Waals surface area contributed by atoms with Gasteiger partial charge in [-0.1, -0.05) is 0 Å². The van der Waals surface area contributed by atoms with Gasteiger partial charge in [0, 0.05) is 31.7 Å². The Morgan fingerprint density at radius 3 is 2.62 bits per heavy atom. The molecule has 2 heterocycles. The van der Waals surface area contributed by atoms with Crippen molar-refractivity contribution in [2.75, 3.05) is 0 Å². The first kappa shape index (κ1) is 10.8. The van der Waals surface area contributed by atoms with Crippen molar-refractivity contribution in [3.8, 4) is 0 Å². The average molecular weight is 216 g/mol. The van der Waals surface area contributed by atoms with Gasteiger partial charge in [0.05, 0.1) is 5.69 Å². The second-order valence-electron chi connectivity index (χ2n) is 3.88. The molecule has 0 aliphatic heterocycles. The van der Waals surface area contributed by atoms with Crippen LogP contribution in [0, 0.1) is 0 Å². The maximum Gasteiger partial charge on any atom is 0.0548 e. The lowest BCUT2D eigenvalue weighted by atomic mass is 10.0. The van der Waals surface area contributed by atoms with Crippen molar-refractivity contribution in [2.24, 2.45) is 12.8 Å². The van der Waals surface area contributed by atoms with Crippen molar-refractivity contribution in [3.63, 3.8) is 0 Å². The lowest BCUT2D eigenvalue weighted by molar-refractivity contribution is 0.582. The highest BCUT2D eigenvalue weighted by Crippen LogP contribution is 2.15. The third-order valence-electron chi connectivity index (χ3n) is 2.73. The molecule has 4 heteroatoms. The van der Waals surface area contributed by atoms with Crippen LogP contribution >= 0.6 is 0 Å². The monoisotopic (exact) mass is 216 g/mol. The van der Waals surface area contributed by atoms with Crippen LogP contribution in [0.4, 0.5) is 0 Å². The Morgan fingerprint density at radius 1 is 1.25 bits per heavy atom. The van der Waals surface area contributed by atoms with Gasteiger partial charge in [-0.15, -0.1) is 0 Å². The van der Waals surface area contributed by atoms with Gasteiger partial charge in [0.15, 0.2) is 0 Å². The molecule has 2 aromatic rings. The van der Waals surface area contributed by atoms with Crippen LogP contribution in [0.1, 0.15) is 23.7 Å². The van der Waals surface area contributed by atoms with Gasteiger partial charge in [-0.2, -0.15) is 5.10 Å². The standard InChI is InChI=1S/C12H16N4/c1-16-12(6-9-15-16)11(13)3-2-10-4-7-14-8-5-10/h4-9,11H,2-3,13H2,1H3. The van der Waals surface area contributed by atoms with Crippen molar-refractivity contribution >= 4 is 0 Å². The maximum atomic E-state index is 6.11. The molecule has 0 amide bonds. The van der Waals surface area contributed by atoms with Crippen LogP contribution < -0.4 is 5.73 Å². The van der Waals surface area contributed by atoms with Crippen LogP contribution in [0.2, 0.25) is 0 Å². The first-order chi connectivity index (χ1) is 7.77. The van der Waals surface area contributed by atoms with E-state index in [0.717, 1.165) is 18.5 Å². The average Bonchev–Trinajstić information content (AvgIpc) is 2.74. The van der Waals surface area contributed by atoms with Crippen LogP contribution in [0.15, 0.2) is 36.8 Å². The molecule has 84 valence electrons. The van der Waals surface area contributed by atoms with E-state index in [1.807, 2.05) is 42.3 Å². The molecule has 1 unspecified atom stereocenters. The number of hydrogen-bond donors (Lipinski definition) is 1. The van der Waals surface area contributed by atoms with Gasteiger partial charge in [0.1, 0.15) is 0 Å². The number of nitrogens with two attached hydrogens (primary N) is 1. The first-order valence-corrected chi connectivity index (χ1v) is 5.40. The summed E-state index contributed by atoms with van der Waals surface area (Å²) >= 11 is 0. The largest absolute Gasteiger partial charge is 0.323 e. The summed E-state index contributed by atoms with van der Waals surface area (Å²) in [5.41, 5.74) is 8.46. The molecule has 0 spiro atoms. The minimum absolute atomic E-state index is 0.0423. The molecule has 2 rings (SSSR count). The Balaban J connectivity index is 1.94. The van der Waals surface area contributed by atoms with E-state index in [0.29, 0.717) is 0 Å². The second-order valence-corrected chi connectivity index (χ2v) is 3.88. The molecule has 0 aliphatic carbocycles. The lowest BCUT2D eigenvalue weighted by Crippen LogP contribution is -2.15. The van der Waals surface area contributed by atoms with E-state index in [2.05, 4.69) is 10.1 Å². The van der Waals surface area contributed by atoms with Crippen molar-refractivity contribution in [1.82, 2.24) is 14.8 Å². The summed E-state index contributed by atoms with van der Waals surface area (Å²) in [4.78, 5) is 3.99. The zero-order valence-electron chi connectivity index (χ0n) is 9.37. The zero-order valence-corrected chi connectivity index (χ0v) is 9.37. The number of aromatic nitrogens is 3. The lowest BCUT2D eigenvalue weighted by Gasteiger charge is -2.11. The molecular weight excluding hydrogens is 200 g/mol. The number of rotatable bonds is 4. The summed E-state index contributed by atoms with van der Waals surface area (Å²) in [5, 5.41) is 4.12. The summed E-state index contributed by atoms with van der Waals surface area (Å²) in [6, 6.07) is 6.06. The predicted octanol–water partition coefficient (Wildman–Crippen LogP) is 1.45. The Morgan fingerprint density at radius 2 is 2.00 bits per heavy atom. The molecule has 2 aromatic heterocycles. The fraction of sp³-hybridized carbons (Fsp3) is 0.333. The van der Waals surface area contributed by atoms with E-state index < -0.39 is 0 Å². The van der Waals surface area contributed by atoms with Crippen LogP contribution in [-0.2, 0) is 13.5 Å². The van der Waals surface area contributed by atoms with E-state index in [1.165, 1.54) is 5.56 Å². The molecule has 16 heavy (non-hydrogen) atoms. The molecule has 1 atom stereocenters. The van der Waals surface area contributed by atoms with Gasteiger partial charge in [-0.05, 0) is 36.6 Å². The minimum atomic E-state index is 0.0423. The van der Waals surface area contributed by atoms with E-state index in [4.69, 9.17) is 5.73 Å². The van der Waals surface area contributed by atoms with E-state index in [1.54, 1.807) is 6.20 Å². The van der Waals surface area contributed by atoms with E-state index in [9.17, 15) is 0 Å². The number of aryl methyl sites for hydroxylation is 2. The van der Waals surface area contributed by atoms with E-state index in [-0.39, 0.29) is 6.04 Å². The van der Waals surface area contributed by atoms with Gasteiger partial charge in [0.2, 0.25) is 0 Å². The molecule has 2 N–H and O–H groups in total. The van der Waals surface area contributed by atoms with Crippen LogP contribution in [0.3, 0.4) is 0 Å². The topological polar surface area (TPSA) is 56.7 Å². The van der Waals surface area contributed by atoms with Crippen LogP contribution in [-0.4, -0.2) is 14.8 Å². The highest BCUT2D eigenvalue weighted by Gasteiger charge is 2.09. The molecule has 0 aliphatic rings. The fourth-order valence-corrected chi connectivity index (χ4v) is 1.77. The number of nitrogens with zero attached hydrogens (tertiary/aromatic N) is 3. The van der Waals surface area contributed by atoms with Gasteiger partial charge in [0.25, 0.3) is 0 Å². The summed E-state index contributed by atoms with van der Waals surface area (Å²) in [6.07, 6.45) is 7.29. The molecule has 0 fully saturated rings. The molecule has 0 radical (unpaired) electrons. The van der Waals surface area contributed by atoms with E-state index >= 15 is 0 Å². The van der Waals surface area contributed by atoms with Gasteiger partial charge >= 0.3 is 0 Å². The normalized spacial score (nSPS) is 12.6. The Labute approximate surface area is 95.1 Å². The predicted molar refractivity (Wildman–Crippen MR) is 62.7 cm³/mol. The summed E-state index contributed by atoms with van der Waals surface area (Å²) < 4.78 is 1.83. The highest BCUT2D eigenvalue weighted by molar-refractivity contribution is 5.12. The summed E-state index contributed by atoms with van der Waals surface area (Å²) in [7, 11) is 1.92. The fourth-order valence-electron chi connectivity index (χ4n) is 1.77. The second kappa shape index (κ2) is 4.90. The third-order valence-corrected chi connectivity index (χ3v) is 2.73. The molecular formula is C12H16N4. The molecule has 0 saturated carbocycles. The van der Waals surface area contributed by atoms with Crippen LogP contribution in [0.25, 0.3) is 0 Å². The van der Waals surface area contributed by atoms with Crippen molar-refractivity contribution < 1.29 is 0 Å². The first-order valence-electron chi connectivity index (χ1n) is 5.40. The number of hydrogen-bond acceptors (Lipinski definition) is 3. The SMILES string of the molecule is Cn1nccc1C(N)CCc1ccncc1. The third kappa shape index (κ3) is 2.46. The van der Waals surface area contributed by atoms with Crippen molar-refractivity contribution in [2.45, 2.75) is 18.9 Å². The Kier molecular flexibility index (Phi) is 3.31. The minimum Gasteiger partial charge on any atom is -0.323 e. The molecule has 0 aromatic carbocycles. The van der Waals surface area contributed by atoms with Crippen molar-refractivity contribution in [3.05, 3.63) is 48.0 Å². The van der Waals surface area contributed by atoms with Gasteiger partial charge in [-0.3, -0.25) is 9.67 Å². The molecule has 4 nitrogen and oxygen atoms in total. The van der Waals surface area contributed by atoms with Gasteiger partial charge < -0.3 is 5.73 Å².